The Labute approximate surface area is 195 Å². The van der Waals surface area contributed by atoms with Gasteiger partial charge in [0.2, 0.25) is 0 Å². The number of nitrogen functional groups attached to an aromatic ring is 1. The van der Waals surface area contributed by atoms with Crippen LogP contribution < -0.4 is 17.2 Å². The second-order valence-electron chi connectivity index (χ2n) is 3.82. The summed E-state index contributed by atoms with van der Waals surface area (Å²) >= 11 is 0. The minimum atomic E-state index is -0.565. The number of hydrogen-bond acceptors (Lipinski definition) is 5. The zero-order valence-electron chi connectivity index (χ0n) is 16.3. The number of aryl methyl sites for hydroxylation is 1. The number of primary amides is 1. The largest absolute Gasteiger partial charge is 0.383 e. The predicted octanol–water partition coefficient (Wildman–Crippen LogP) is 2.61. The van der Waals surface area contributed by atoms with E-state index in [1.165, 1.54) is 4.68 Å². The number of rotatable bonds is 2. The van der Waals surface area contributed by atoms with Gasteiger partial charge in [-0.15, -0.1) is 0 Å². The maximum atomic E-state index is 11.3. The van der Waals surface area contributed by atoms with Gasteiger partial charge in [-0.1, -0.05) is 59.0 Å². The molecule has 0 spiro atoms. The molecule has 0 aliphatic carbocycles. The van der Waals surface area contributed by atoms with E-state index in [1.807, 2.05) is 44.2 Å². The van der Waals surface area contributed by atoms with E-state index < -0.39 is 5.91 Å². The summed E-state index contributed by atoms with van der Waals surface area (Å²) in [7, 11) is 1.67. The van der Waals surface area contributed by atoms with E-state index in [2.05, 4.69) is 17.8 Å². The molecule has 0 bridgehead atoms. The van der Waals surface area contributed by atoms with Gasteiger partial charge in [-0.25, -0.2) is 0 Å². The summed E-state index contributed by atoms with van der Waals surface area (Å²) in [6.45, 7) is 9.12. The molecule has 10 heteroatoms. The topological polar surface area (TPSA) is 137 Å². The van der Waals surface area contributed by atoms with Crippen LogP contribution in [0.25, 0.3) is 11.3 Å². The third kappa shape index (κ3) is 15.6. The van der Waals surface area contributed by atoms with Crippen LogP contribution in [0.5, 0.6) is 0 Å². The third-order valence-corrected chi connectivity index (χ3v) is 2.48. The first-order chi connectivity index (χ1) is 11.5. The molecule has 6 radical (unpaired) electrons. The van der Waals surface area contributed by atoms with Gasteiger partial charge in [0.05, 0.1) is 12.6 Å². The van der Waals surface area contributed by atoms with Gasteiger partial charge in [0.15, 0.2) is 0 Å². The molecule has 1 heterocycles. The molecule has 0 aliphatic rings. The summed E-state index contributed by atoms with van der Waals surface area (Å²) in [6.07, 6.45) is 0. The summed E-state index contributed by atoms with van der Waals surface area (Å²) in [5.74, 6) is -0.282. The van der Waals surface area contributed by atoms with Crippen molar-refractivity contribution in [3.63, 3.8) is 0 Å². The molecule has 1 amide bonds. The van der Waals surface area contributed by atoms with Gasteiger partial charge < -0.3 is 24.1 Å². The van der Waals surface area contributed by atoms with Gasteiger partial charge in [-0.3, -0.25) is 9.48 Å². The van der Waals surface area contributed by atoms with Crippen LogP contribution in [0, 0.1) is 18.3 Å². The number of nitriles is 1. The van der Waals surface area contributed by atoms with Crippen molar-refractivity contribution < 1.29 is 25.9 Å². The molecule has 2 aromatic rings. The van der Waals surface area contributed by atoms with E-state index in [9.17, 15) is 4.79 Å². The molecule has 2 rings (SSSR count). The maximum absolute atomic E-state index is 11.3. The summed E-state index contributed by atoms with van der Waals surface area (Å²) in [6, 6.07) is 11.0. The SMILES string of the molecule is C.C.CC.Cn1nc(-c2ccccc2)c(C(N)=O)c1N.N#CCN.[B].[B].[CH2-]C.[W]. The average Bonchev–Trinajstić information content (AvgIpc) is 2.94. The van der Waals surface area contributed by atoms with Crippen molar-refractivity contribution in [2.75, 3.05) is 12.3 Å². The van der Waals surface area contributed by atoms with E-state index in [4.69, 9.17) is 16.7 Å². The number of anilines is 1. The molecule has 160 valence electrons. The van der Waals surface area contributed by atoms with Crippen molar-refractivity contribution in [3.8, 4) is 17.3 Å². The second kappa shape index (κ2) is 28.2. The molecule has 29 heavy (non-hydrogen) atoms. The van der Waals surface area contributed by atoms with Crippen LogP contribution in [0.15, 0.2) is 30.3 Å². The van der Waals surface area contributed by atoms with Crippen LogP contribution in [0.3, 0.4) is 0 Å². The van der Waals surface area contributed by atoms with E-state index in [0.717, 1.165) is 5.56 Å². The molecule has 1 aromatic heterocycles. The summed E-state index contributed by atoms with van der Waals surface area (Å²) in [5, 5.41) is 11.7. The van der Waals surface area contributed by atoms with Crippen LogP contribution in [0.1, 0.15) is 46.0 Å². The summed E-state index contributed by atoms with van der Waals surface area (Å²) in [4.78, 5) is 11.3. The van der Waals surface area contributed by atoms with E-state index in [0.29, 0.717) is 5.69 Å². The van der Waals surface area contributed by atoms with Crippen LogP contribution in [0.4, 0.5) is 5.82 Å². The Kier molecular flexibility index (Phi) is 44.3. The van der Waals surface area contributed by atoms with Crippen molar-refractivity contribution in [2.24, 2.45) is 18.5 Å². The Bertz CT molecular complexity index is 646. The van der Waals surface area contributed by atoms with Gasteiger partial charge in [-0.05, 0) is 0 Å². The third-order valence-electron chi connectivity index (χ3n) is 2.48. The average molecular weight is 569 g/mol. The van der Waals surface area contributed by atoms with E-state index >= 15 is 0 Å². The molecule has 0 unspecified atom stereocenters. The van der Waals surface area contributed by atoms with Crippen molar-refractivity contribution >= 4 is 28.6 Å². The number of hydrogen-bond donors (Lipinski definition) is 3. The Morgan fingerprint density at radius 3 is 1.86 bits per heavy atom. The predicted molar refractivity (Wildman–Crippen MR) is 124 cm³/mol. The molecule has 0 atom stereocenters. The monoisotopic (exact) mass is 569 g/mol. The Balaban J connectivity index is -0.0000000661. The van der Waals surface area contributed by atoms with Gasteiger partial charge in [0.1, 0.15) is 17.1 Å². The number of nitrogens with two attached hydrogens (primary N) is 3. The zero-order chi connectivity index (χ0) is 19.1. The first-order valence-electron chi connectivity index (χ1n) is 7.48. The van der Waals surface area contributed by atoms with Crippen LogP contribution in [-0.2, 0) is 28.1 Å². The van der Waals surface area contributed by atoms with Crippen LogP contribution in [0.2, 0.25) is 0 Å². The number of amides is 1. The number of nitrogens with zero attached hydrogens (tertiary/aromatic N) is 3. The Morgan fingerprint density at radius 1 is 1.17 bits per heavy atom. The normalized spacial score (nSPS) is 6.79. The molecule has 0 aliphatic heterocycles. The molecule has 0 saturated carbocycles. The van der Waals surface area contributed by atoms with Crippen molar-refractivity contribution in [1.82, 2.24) is 9.78 Å². The first kappa shape index (κ1) is 45.6. The zero-order valence-corrected chi connectivity index (χ0v) is 19.3. The first-order valence-corrected chi connectivity index (χ1v) is 7.48. The van der Waals surface area contributed by atoms with Gasteiger partial charge in [0, 0.05) is 50.5 Å². The van der Waals surface area contributed by atoms with Crippen LogP contribution in [-0.4, -0.2) is 39.1 Å². The Hall–Kier alpha value is -2.03. The smallest absolute Gasteiger partial charge is 0.254 e. The fourth-order valence-corrected chi connectivity index (χ4v) is 1.58. The van der Waals surface area contributed by atoms with Gasteiger partial charge in [0.25, 0.3) is 5.91 Å². The second-order valence-corrected chi connectivity index (χ2v) is 3.82. The standard InChI is InChI=1S/C11H12N4O.C2H4N2.C2H6.C2H5.2CH4.2B.W/c1-15-10(12)8(11(13)16)9(14-15)7-5-3-2-4-6-7;3-1-2-4;2*1-2;;;;;/h2-6H,12H2,1H3,(H2,13,16);1,3H2;1-2H3;1H2,2H3;2*1H4;;;/q;;;-1;;;;;. The number of aromatic nitrogens is 2. The summed E-state index contributed by atoms with van der Waals surface area (Å²) in [5.41, 5.74) is 17.3. The molecule has 1 aromatic carbocycles. The fraction of sp³-hybridized carbons (Fsp3) is 0.368. The van der Waals surface area contributed by atoms with Gasteiger partial charge >= 0.3 is 0 Å². The Morgan fingerprint density at radius 2 is 1.55 bits per heavy atom. The minimum absolute atomic E-state index is 0. The van der Waals surface area contributed by atoms with E-state index in [1.54, 1.807) is 20.0 Å². The number of carbonyl (C=O) groups excluding carboxylic acids is 1. The molecular formula is C19H35B2N6OW-. The molecule has 6 N–H and O–H groups in total. The maximum Gasteiger partial charge on any atom is 0.254 e. The molecule has 0 fully saturated rings. The van der Waals surface area contributed by atoms with E-state index in [-0.39, 0.29) is 70.7 Å². The number of benzene rings is 1. The minimum Gasteiger partial charge on any atom is -0.383 e. The fourth-order valence-electron chi connectivity index (χ4n) is 1.58. The van der Waals surface area contributed by atoms with Crippen molar-refractivity contribution in [1.29, 1.82) is 5.26 Å². The number of carbonyl (C=O) groups is 1. The van der Waals surface area contributed by atoms with Crippen molar-refractivity contribution in [3.05, 3.63) is 42.8 Å². The molecule has 0 saturated heterocycles. The quantitative estimate of drug-likeness (QED) is 0.291. The summed E-state index contributed by atoms with van der Waals surface area (Å²) < 4.78 is 1.45. The van der Waals surface area contributed by atoms with Crippen LogP contribution >= 0.6 is 0 Å². The van der Waals surface area contributed by atoms with Gasteiger partial charge in [-0.2, -0.15) is 17.3 Å². The molecule has 7 nitrogen and oxygen atoms in total. The van der Waals surface area contributed by atoms with Crippen molar-refractivity contribution in [2.45, 2.75) is 35.6 Å². The molecular weight excluding hydrogens is 534 g/mol.